The van der Waals surface area contributed by atoms with Crippen molar-refractivity contribution in [2.45, 2.75) is 300 Å². The van der Waals surface area contributed by atoms with Gasteiger partial charge in [-0.25, -0.2) is 4.79 Å². The van der Waals surface area contributed by atoms with Gasteiger partial charge in [0.15, 0.2) is 18.5 Å². The number of nitrogens with zero attached hydrogens (tertiary/aromatic N) is 1. The predicted molar refractivity (Wildman–Crippen MR) is 319 cm³/mol. The first-order valence-corrected chi connectivity index (χ1v) is 32.8. The summed E-state index contributed by atoms with van der Waals surface area (Å²) < 4.78 is 38.7. The third kappa shape index (κ3) is 33.9. The number of unbranched alkanes of at least 4 members (excludes halogenated alkanes) is 20. The summed E-state index contributed by atoms with van der Waals surface area (Å²) in [5, 5.41) is 60.2. The van der Waals surface area contributed by atoms with Gasteiger partial charge in [-0.3, -0.25) is 33.3 Å². The topological polar surface area (TPSA) is 395 Å². The fourth-order valence-corrected chi connectivity index (χ4v) is 10.7. The summed E-state index contributed by atoms with van der Waals surface area (Å²) in [6.45, 7) is 7.68. The van der Waals surface area contributed by atoms with E-state index in [4.69, 9.17) is 39.8 Å². The highest BCUT2D eigenvalue weighted by molar-refractivity contribution is 7.32. The Labute approximate surface area is 505 Å². The van der Waals surface area contributed by atoms with Gasteiger partial charge in [-0.05, 0) is 52.9 Å². The van der Waals surface area contributed by atoms with Crippen LogP contribution in [0.3, 0.4) is 0 Å². The van der Waals surface area contributed by atoms with E-state index in [1.54, 1.807) is 0 Å². The Bertz CT molecular complexity index is 1930. The molecule has 1 heterocycles. The van der Waals surface area contributed by atoms with Crippen LogP contribution in [-0.2, 0) is 61.6 Å². The molecule has 1 saturated heterocycles. The maximum absolute atomic E-state index is 14.3. The Kier molecular flexibility index (Phi) is 43.1. The SMILES string of the molecule is CCCCCCCCCCCCCCCC(=O)O[C@@H](CO)C(OC(=O)CCCCCC(CCCCCCCCC)NCCO[PH](=O)O)[C@@](C)(N)C(=O)N[C@H](CCC(=O)N(CC(C)O[C@H]1[C@H](O)[C@@H](CO)O[C@H](O)[C@@H]1NC(C)=O)[C@@H](C)C(=O)O)C(N)=O. The number of carboxylic acids is 1. The van der Waals surface area contributed by atoms with Crippen LogP contribution in [0.1, 0.15) is 228 Å². The number of aliphatic carboxylic acids is 1. The number of carboxylic acid groups (broad SMARTS) is 1. The summed E-state index contributed by atoms with van der Waals surface area (Å²) in [6, 6.07) is -4.37. The first kappa shape index (κ1) is 79.1. The van der Waals surface area contributed by atoms with Gasteiger partial charge in [0.25, 0.3) is 0 Å². The number of rotatable bonds is 52. The smallest absolute Gasteiger partial charge is 0.326 e. The molecule has 1 aliphatic heterocycles. The Balaban J connectivity index is 3.24. The van der Waals surface area contributed by atoms with Crippen LogP contribution < -0.4 is 27.4 Å². The summed E-state index contributed by atoms with van der Waals surface area (Å²) in [5.74, 6) is -6.73. The molecule has 0 spiro atoms. The molecule has 26 heteroatoms. The van der Waals surface area contributed by atoms with E-state index in [0.717, 1.165) is 83.0 Å². The molecule has 1 aliphatic rings. The average Bonchev–Trinajstić information content (AvgIpc) is 2.13. The van der Waals surface area contributed by atoms with Crippen molar-refractivity contribution >= 4 is 49.8 Å². The zero-order chi connectivity index (χ0) is 63.7. The minimum absolute atomic E-state index is 0.0330. The molecule has 0 radical (unpaired) electrons. The van der Waals surface area contributed by atoms with Gasteiger partial charge in [0.2, 0.25) is 23.6 Å². The molecule has 0 aromatic rings. The normalized spacial score (nSPS) is 20.2. The van der Waals surface area contributed by atoms with Crippen LogP contribution in [0.25, 0.3) is 0 Å². The number of aliphatic hydroxyl groups is 4. The highest BCUT2D eigenvalue weighted by Gasteiger charge is 2.49. The van der Waals surface area contributed by atoms with Crippen LogP contribution in [0, 0.1) is 0 Å². The van der Waals surface area contributed by atoms with E-state index in [-0.39, 0.29) is 25.5 Å². The van der Waals surface area contributed by atoms with Crippen LogP contribution in [0.15, 0.2) is 0 Å². The Hall–Kier alpha value is -3.88. The molecule has 13 N–H and O–H groups in total. The monoisotopic (exact) mass is 1240 g/mol. The molecule has 0 aliphatic carbocycles. The molecule has 0 saturated carbocycles. The third-order valence-electron chi connectivity index (χ3n) is 15.5. The molecule has 13 atom stereocenters. The Morgan fingerprint density at radius 3 is 1.69 bits per heavy atom. The quantitative estimate of drug-likeness (QED) is 0.0220. The lowest BCUT2D eigenvalue weighted by Gasteiger charge is -2.43. The van der Waals surface area contributed by atoms with Crippen LogP contribution >= 0.6 is 8.25 Å². The number of nitrogens with two attached hydrogens (primary N) is 2. The fraction of sp³-hybridized carbons (Fsp3) is 0.881. The predicted octanol–water partition coefficient (Wildman–Crippen LogP) is 4.85. The van der Waals surface area contributed by atoms with Crippen molar-refractivity contribution < 1.29 is 92.0 Å². The number of aliphatic hydroxyl groups excluding tert-OH is 4. The molecule has 4 unspecified atom stereocenters. The summed E-state index contributed by atoms with van der Waals surface area (Å²) >= 11 is 0. The first-order valence-electron chi connectivity index (χ1n) is 31.5. The molecule has 85 heavy (non-hydrogen) atoms. The number of hydrogen-bond acceptors (Lipinski definition) is 19. The molecule has 4 amide bonds. The largest absolute Gasteiger partial charge is 0.480 e. The number of ether oxygens (including phenoxy) is 4. The standard InChI is InChI=1S/C59H111N6O19P/c1-7-9-11-13-15-16-17-18-19-20-22-24-28-32-49(70)82-47(40-67)54(84-50(71)33-29-25-27-31-44(62-36-37-80-85(78)79)30-26-23-21-14-12-10-8-2)59(6,61)58(77)64-45(55(60)73)34-35-48(69)65(42(4)56(74)75)38-41(3)81-53-51(63-43(5)68)57(76)83-46(39-66)52(53)72/h41-42,44-47,51-54,57,62,66-67,72,76,85H,7-40,61H2,1-6H3,(H2,60,73)(H,63,68)(H,64,77)(H,74,75)(H,78,79)/t41?,42-,44?,45+,46+,47-,51+,52+,53+,54?,57-,59+/m0/s1. The van der Waals surface area contributed by atoms with E-state index in [0.29, 0.717) is 32.2 Å². The summed E-state index contributed by atoms with van der Waals surface area (Å²) in [6.07, 6.45) is 13.5. The number of esters is 2. The number of amides is 4. The highest BCUT2D eigenvalue weighted by Crippen LogP contribution is 2.26. The second-order valence-corrected chi connectivity index (χ2v) is 23.9. The molecule has 1 rings (SSSR count). The third-order valence-corrected chi connectivity index (χ3v) is 16.0. The van der Waals surface area contributed by atoms with Crippen LogP contribution in [-0.4, -0.2) is 182 Å². The van der Waals surface area contributed by atoms with Crippen LogP contribution in [0.4, 0.5) is 0 Å². The lowest BCUT2D eigenvalue weighted by atomic mass is 9.89. The van der Waals surface area contributed by atoms with Crippen molar-refractivity contribution in [2.24, 2.45) is 11.5 Å². The number of carbonyl (C=O) groups excluding carboxylic acids is 6. The van der Waals surface area contributed by atoms with Crippen molar-refractivity contribution in [3.05, 3.63) is 0 Å². The summed E-state index contributed by atoms with van der Waals surface area (Å²) in [7, 11) is -3.05. The fourth-order valence-electron chi connectivity index (χ4n) is 10.4. The van der Waals surface area contributed by atoms with Gasteiger partial charge >= 0.3 is 26.2 Å². The van der Waals surface area contributed by atoms with Crippen molar-refractivity contribution in [1.29, 1.82) is 0 Å². The molecular weight excluding hydrogens is 1130 g/mol. The molecule has 0 aromatic carbocycles. The summed E-state index contributed by atoms with van der Waals surface area (Å²) in [4.78, 5) is 102. The van der Waals surface area contributed by atoms with E-state index in [1.807, 2.05) is 0 Å². The van der Waals surface area contributed by atoms with Crippen molar-refractivity contribution in [3.8, 4) is 0 Å². The highest BCUT2D eigenvalue weighted by atomic mass is 31.1. The van der Waals surface area contributed by atoms with Crippen molar-refractivity contribution in [3.63, 3.8) is 0 Å². The van der Waals surface area contributed by atoms with Gasteiger partial charge in [-0.15, -0.1) is 0 Å². The maximum Gasteiger partial charge on any atom is 0.326 e. The van der Waals surface area contributed by atoms with E-state index in [9.17, 15) is 63.7 Å². The molecule has 0 bridgehead atoms. The minimum Gasteiger partial charge on any atom is -0.480 e. The van der Waals surface area contributed by atoms with E-state index in [2.05, 4.69) is 29.8 Å². The van der Waals surface area contributed by atoms with Crippen LogP contribution in [0.5, 0.6) is 0 Å². The molecule has 1 fully saturated rings. The van der Waals surface area contributed by atoms with Crippen molar-refractivity contribution in [2.75, 3.05) is 32.9 Å². The zero-order valence-corrected chi connectivity index (χ0v) is 53.0. The number of primary amides is 1. The Morgan fingerprint density at radius 2 is 1.22 bits per heavy atom. The minimum atomic E-state index is -3.05. The van der Waals surface area contributed by atoms with E-state index < -0.39 is 149 Å². The van der Waals surface area contributed by atoms with Crippen LogP contribution in [0.2, 0.25) is 0 Å². The number of hydrogen-bond donors (Lipinski definition) is 11. The van der Waals surface area contributed by atoms with Gasteiger partial charge in [-0.1, -0.05) is 149 Å². The lowest BCUT2D eigenvalue weighted by molar-refractivity contribution is -0.268. The van der Waals surface area contributed by atoms with Gasteiger partial charge in [-0.2, -0.15) is 0 Å². The first-order chi connectivity index (χ1) is 40.4. The zero-order valence-electron chi connectivity index (χ0n) is 52.0. The van der Waals surface area contributed by atoms with Gasteiger partial charge in [0.05, 0.1) is 25.9 Å². The molecule has 496 valence electrons. The van der Waals surface area contributed by atoms with Gasteiger partial charge < -0.3 is 86.2 Å². The lowest BCUT2D eigenvalue weighted by Crippen LogP contribution is -2.66. The summed E-state index contributed by atoms with van der Waals surface area (Å²) in [5.41, 5.74) is 10.1. The van der Waals surface area contributed by atoms with E-state index >= 15 is 0 Å². The maximum atomic E-state index is 14.3. The second kappa shape index (κ2) is 46.3. The second-order valence-electron chi connectivity index (χ2n) is 23.1. The van der Waals surface area contributed by atoms with E-state index in [1.165, 1.54) is 84.5 Å². The number of nitrogens with one attached hydrogen (secondary N) is 3. The van der Waals surface area contributed by atoms with Crippen molar-refractivity contribution in [1.82, 2.24) is 20.9 Å². The number of carbonyl (C=O) groups is 7. The van der Waals surface area contributed by atoms with Gasteiger partial charge in [0.1, 0.15) is 42.0 Å². The van der Waals surface area contributed by atoms with Gasteiger partial charge in [0, 0.05) is 45.3 Å². The Morgan fingerprint density at radius 1 is 0.729 bits per heavy atom. The molecular formula is C59H111N6O19P. The molecule has 0 aromatic heterocycles. The molecule has 25 nitrogen and oxygen atoms in total. The average molecular weight is 1240 g/mol.